The summed E-state index contributed by atoms with van der Waals surface area (Å²) < 4.78 is 5.69. The number of hydrogen-bond donors (Lipinski definition) is 4. The molecule has 1 heterocycles. The summed E-state index contributed by atoms with van der Waals surface area (Å²) >= 11 is 0. The van der Waals surface area contributed by atoms with Gasteiger partial charge in [-0.25, -0.2) is 0 Å². The van der Waals surface area contributed by atoms with Gasteiger partial charge in [-0.1, -0.05) is 58.9 Å². The molecular formula is C20H31O5. The summed E-state index contributed by atoms with van der Waals surface area (Å²) in [6.45, 7) is 10.4. The zero-order chi connectivity index (χ0) is 19.0. The zero-order valence-electron chi connectivity index (χ0n) is 15.7. The lowest BCUT2D eigenvalue weighted by atomic mass is 9.70. The smallest absolute Gasteiger partial charge is 0.158 e. The van der Waals surface area contributed by atoms with Crippen LogP contribution in [0.2, 0.25) is 0 Å². The molecule has 1 aromatic rings. The van der Waals surface area contributed by atoms with E-state index in [1.807, 2.05) is 24.3 Å². The highest BCUT2D eigenvalue weighted by atomic mass is 16.5. The molecule has 0 saturated carbocycles. The van der Waals surface area contributed by atoms with Crippen LogP contribution in [0.1, 0.15) is 52.2 Å². The molecule has 5 nitrogen and oxygen atoms in total. The number of aliphatic hydroxyl groups is 4. The second-order valence-electron chi connectivity index (χ2n) is 8.80. The Morgan fingerprint density at radius 1 is 0.960 bits per heavy atom. The predicted octanol–water partition coefficient (Wildman–Crippen LogP) is 1.75. The van der Waals surface area contributed by atoms with E-state index in [4.69, 9.17) is 4.74 Å². The number of hydrogen-bond acceptors (Lipinski definition) is 5. The van der Waals surface area contributed by atoms with E-state index in [0.717, 1.165) is 12.0 Å². The minimum Gasteiger partial charge on any atom is -0.394 e. The van der Waals surface area contributed by atoms with Gasteiger partial charge in [-0.05, 0) is 28.4 Å². The van der Waals surface area contributed by atoms with Crippen molar-refractivity contribution in [3.63, 3.8) is 0 Å². The van der Waals surface area contributed by atoms with Crippen molar-refractivity contribution in [3.05, 3.63) is 41.5 Å². The Balaban J connectivity index is 2.43. The maximum atomic E-state index is 10.4. The van der Waals surface area contributed by atoms with Crippen LogP contribution in [0.25, 0.3) is 0 Å². The molecular weight excluding hydrogens is 320 g/mol. The van der Waals surface area contributed by atoms with Crippen molar-refractivity contribution in [1.29, 1.82) is 0 Å². The fourth-order valence-electron chi connectivity index (χ4n) is 3.94. The van der Waals surface area contributed by atoms with Gasteiger partial charge in [0.2, 0.25) is 0 Å². The first-order valence-electron chi connectivity index (χ1n) is 8.76. The average Bonchev–Trinajstić information content (AvgIpc) is 2.51. The lowest BCUT2D eigenvalue weighted by molar-refractivity contribution is -0.184. The molecule has 0 aromatic heterocycles. The van der Waals surface area contributed by atoms with E-state index in [-0.39, 0.29) is 16.9 Å². The second-order valence-corrected chi connectivity index (χ2v) is 8.80. The van der Waals surface area contributed by atoms with Gasteiger partial charge in [-0.3, -0.25) is 0 Å². The number of aliphatic hydroxyl groups excluding tert-OH is 4. The topological polar surface area (TPSA) is 90.2 Å². The van der Waals surface area contributed by atoms with Crippen LogP contribution in [-0.2, 0) is 10.2 Å². The molecule has 0 spiro atoms. The van der Waals surface area contributed by atoms with Crippen molar-refractivity contribution in [1.82, 2.24) is 0 Å². The lowest BCUT2D eigenvalue weighted by Gasteiger charge is -2.42. The van der Waals surface area contributed by atoms with Crippen molar-refractivity contribution in [3.8, 4) is 0 Å². The Kier molecular flexibility index (Phi) is 5.96. The molecule has 0 unspecified atom stereocenters. The van der Waals surface area contributed by atoms with Gasteiger partial charge in [-0.15, -0.1) is 0 Å². The Bertz CT molecular complexity index is 576. The molecule has 141 valence electrons. The van der Waals surface area contributed by atoms with E-state index in [9.17, 15) is 20.4 Å². The molecule has 2 rings (SSSR count). The van der Waals surface area contributed by atoms with Crippen molar-refractivity contribution in [2.45, 2.75) is 70.9 Å². The van der Waals surface area contributed by atoms with E-state index in [1.165, 1.54) is 0 Å². The van der Waals surface area contributed by atoms with Gasteiger partial charge >= 0.3 is 0 Å². The monoisotopic (exact) mass is 351 g/mol. The first-order valence-corrected chi connectivity index (χ1v) is 8.76. The van der Waals surface area contributed by atoms with E-state index in [0.29, 0.717) is 5.56 Å². The molecule has 4 N–H and O–H groups in total. The minimum atomic E-state index is -1.40. The van der Waals surface area contributed by atoms with Crippen LogP contribution in [0.15, 0.2) is 24.3 Å². The number of rotatable bonds is 4. The Hall–Kier alpha value is -0.980. The van der Waals surface area contributed by atoms with E-state index >= 15 is 0 Å². The molecule has 4 atom stereocenters. The molecule has 0 aliphatic carbocycles. The van der Waals surface area contributed by atoms with Crippen LogP contribution in [-0.4, -0.2) is 51.4 Å². The minimum absolute atomic E-state index is 0.108. The lowest BCUT2D eigenvalue weighted by Crippen LogP contribution is -2.55. The maximum Gasteiger partial charge on any atom is 0.158 e. The number of ether oxygens (including phenoxy) is 1. The standard InChI is InChI=1S/C20H31O5/c1-19(2,3)11-20(4,5)13-9-7-6-8-12(13)18-17(24)16(23)15(22)14(10-21)25-18/h6-9,14-17,21-24H,10-11H2,1-5H3/t14-,15+,16+,17-/m1/s1. The van der Waals surface area contributed by atoms with Crippen molar-refractivity contribution in [2.75, 3.05) is 6.61 Å². The molecule has 1 fully saturated rings. The summed E-state index contributed by atoms with van der Waals surface area (Å²) in [6.07, 6.45) is -3.93. The van der Waals surface area contributed by atoms with Gasteiger partial charge in [-0.2, -0.15) is 0 Å². The van der Waals surface area contributed by atoms with Crippen molar-refractivity contribution >= 4 is 0 Å². The van der Waals surface area contributed by atoms with Crippen LogP contribution in [0.3, 0.4) is 0 Å². The number of benzene rings is 1. The highest BCUT2D eigenvalue weighted by Gasteiger charge is 2.46. The predicted molar refractivity (Wildman–Crippen MR) is 95.9 cm³/mol. The highest BCUT2D eigenvalue weighted by molar-refractivity contribution is 5.43. The second kappa shape index (κ2) is 7.33. The SMILES string of the molecule is CC(C)(C)CC(C)(C)c1ccccc1[C]1O[C@H](CO)[C@H](O)[C@H](O)[C@H]1O. The van der Waals surface area contributed by atoms with Gasteiger partial charge in [0.1, 0.15) is 24.4 Å². The summed E-state index contributed by atoms with van der Waals surface area (Å²) in [5.41, 5.74) is 1.62. The molecule has 1 aromatic carbocycles. The molecule has 25 heavy (non-hydrogen) atoms. The molecule has 0 amide bonds. The average molecular weight is 351 g/mol. The molecule has 1 radical (unpaired) electrons. The molecule has 1 aliphatic heterocycles. The van der Waals surface area contributed by atoms with Gasteiger partial charge in [0.05, 0.1) is 6.61 Å². The fourth-order valence-corrected chi connectivity index (χ4v) is 3.94. The summed E-state index contributed by atoms with van der Waals surface area (Å²) in [5.74, 6) is 0. The van der Waals surface area contributed by atoms with Crippen LogP contribution < -0.4 is 0 Å². The van der Waals surface area contributed by atoms with Crippen LogP contribution in [0.5, 0.6) is 0 Å². The summed E-state index contributed by atoms with van der Waals surface area (Å²) in [4.78, 5) is 0. The molecule has 1 aliphatic rings. The van der Waals surface area contributed by atoms with Gasteiger partial charge in [0.25, 0.3) is 0 Å². The zero-order valence-corrected chi connectivity index (χ0v) is 15.7. The molecule has 1 saturated heterocycles. The van der Waals surface area contributed by atoms with E-state index in [1.54, 1.807) is 0 Å². The summed E-state index contributed by atoms with van der Waals surface area (Å²) in [7, 11) is 0. The normalized spacial score (nSPS) is 29.0. The third kappa shape index (κ3) is 4.41. The molecule has 5 heteroatoms. The van der Waals surface area contributed by atoms with Crippen LogP contribution >= 0.6 is 0 Å². The first-order chi connectivity index (χ1) is 11.5. The first kappa shape index (κ1) is 20.3. The van der Waals surface area contributed by atoms with Crippen LogP contribution in [0, 0.1) is 11.5 Å². The molecule has 0 bridgehead atoms. The Labute approximate surface area is 150 Å². The van der Waals surface area contributed by atoms with Gasteiger partial charge in [0.15, 0.2) is 6.10 Å². The van der Waals surface area contributed by atoms with Crippen molar-refractivity contribution in [2.24, 2.45) is 5.41 Å². The van der Waals surface area contributed by atoms with E-state index < -0.39 is 31.0 Å². The van der Waals surface area contributed by atoms with Crippen LogP contribution in [0.4, 0.5) is 0 Å². The van der Waals surface area contributed by atoms with Crippen molar-refractivity contribution < 1.29 is 25.2 Å². The van der Waals surface area contributed by atoms with Gasteiger partial charge < -0.3 is 25.2 Å². The Morgan fingerprint density at radius 3 is 2.12 bits per heavy atom. The highest BCUT2D eigenvalue weighted by Crippen LogP contribution is 2.41. The third-order valence-corrected chi connectivity index (χ3v) is 4.68. The quantitative estimate of drug-likeness (QED) is 0.664. The Morgan fingerprint density at radius 2 is 1.56 bits per heavy atom. The third-order valence-electron chi connectivity index (χ3n) is 4.68. The van der Waals surface area contributed by atoms with Gasteiger partial charge in [0, 0.05) is 0 Å². The summed E-state index contributed by atoms with van der Waals surface area (Å²) in [5, 5.41) is 40.0. The fraction of sp³-hybridized carbons (Fsp3) is 0.650. The summed E-state index contributed by atoms with van der Waals surface area (Å²) in [6, 6.07) is 7.63. The van der Waals surface area contributed by atoms with E-state index in [2.05, 4.69) is 34.6 Å². The largest absolute Gasteiger partial charge is 0.394 e. The maximum absolute atomic E-state index is 10.4.